The van der Waals surface area contributed by atoms with Crippen molar-refractivity contribution in [1.82, 2.24) is 0 Å². The molecule has 0 saturated heterocycles. The highest BCUT2D eigenvalue weighted by atomic mass is 19.1. The van der Waals surface area contributed by atoms with Crippen LogP contribution in [0.5, 0.6) is 5.75 Å². The summed E-state index contributed by atoms with van der Waals surface area (Å²) in [6, 6.07) is 14.5. The smallest absolute Gasteiger partial charge is 0.123 e. The van der Waals surface area contributed by atoms with Crippen LogP contribution < -0.4 is 4.74 Å². The second kappa shape index (κ2) is 6.93. The van der Waals surface area contributed by atoms with E-state index in [9.17, 15) is 4.39 Å². The zero-order valence-electron chi connectivity index (χ0n) is 11.2. The fourth-order valence-electron chi connectivity index (χ4n) is 1.93. The van der Waals surface area contributed by atoms with Gasteiger partial charge in [0, 0.05) is 0 Å². The van der Waals surface area contributed by atoms with Crippen molar-refractivity contribution in [3.63, 3.8) is 0 Å². The number of halogens is 1. The van der Waals surface area contributed by atoms with E-state index in [1.807, 2.05) is 24.3 Å². The molecule has 19 heavy (non-hydrogen) atoms. The first kappa shape index (κ1) is 13.6. The first-order valence-electron chi connectivity index (χ1n) is 6.78. The Morgan fingerprint density at radius 3 is 2.00 bits per heavy atom. The summed E-state index contributed by atoms with van der Waals surface area (Å²) < 4.78 is 18.5. The first-order valence-corrected chi connectivity index (χ1v) is 6.78. The van der Waals surface area contributed by atoms with Crippen LogP contribution in [-0.2, 0) is 0 Å². The van der Waals surface area contributed by atoms with Gasteiger partial charge in [0.2, 0.25) is 0 Å². The highest BCUT2D eigenvalue weighted by Gasteiger charge is 1.99. The summed E-state index contributed by atoms with van der Waals surface area (Å²) in [6.07, 6.45) is 3.50. The summed E-state index contributed by atoms with van der Waals surface area (Å²) in [4.78, 5) is 0. The van der Waals surface area contributed by atoms with Gasteiger partial charge in [-0.1, -0.05) is 44.0 Å². The van der Waals surface area contributed by atoms with E-state index in [4.69, 9.17) is 4.74 Å². The molecule has 2 rings (SSSR count). The molecule has 0 saturated carbocycles. The highest BCUT2D eigenvalue weighted by molar-refractivity contribution is 5.63. The number of rotatable bonds is 6. The van der Waals surface area contributed by atoms with Crippen molar-refractivity contribution in [3.8, 4) is 16.9 Å². The summed E-state index contributed by atoms with van der Waals surface area (Å²) in [7, 11) is 0. The molecule has 0 N–H and O–H groups in total. The molecule has 2 aromatic rings. The Kier molecular flexibility index (Phi) is 4.96. The van der Waals surface area contributed by atoms with Crippen LogP contribution in [-0.4, -0.2) is 6.61 Å². The topological polar surface area (TPSA) is 9.23 Å². The highest BCUT2D eigenvalue weighted by Crippen LogP contribution is 2.22. The normalized spacial score (nSPS) is 10.4. The van der Waals surface area contributed by atoms with Gasteiger partial charge in [0.05, 0.1) is 6.61 Å². The van der Waals surface area contributed by atoms with E-state index in [0.717, 1.165) is 29.9 Å². The first-order chi connectivity index (χ1) is 9.29. The maximum Gasteiger partial charge on any atom is 0.123 e. The molecule has 0 heterocycles. The molecule has 0 radical (unpaired) electrons. The lowest BCUT2D eigenvalue weighted by molar-refractivity contribution is 0.306. The minimum Gasteiger partial charge on any atom is -0.494 e. The van der Waals surface area contributed by atoms with Crippen LogP contribution in [0, 0.1) is 5.82 Å². The van der Waals surface area contributed by atoms with Gasteiger partial charge in [-0.25, -0.2) is 4.39 Å². The van der Waals surface area contributed by atoms with Crippen LogP contribution in [0.2, 0.25) is 0 Å². The molecule has 2 aromatic carbocycles. The molecule has 0 bridgehead atoms. The molecule has 0 spiro atoms. The van der Waals surface area contributed by atoms with Gasteiger partial charge in [0.25, 0.3) is 0 Å². The molecule has 0 aromatic heterocycles. The lowest BCUT2D eigenvalue weighted by Gasteiger charge is -2.07. The van der Waals surface area contributed by atoms with Gasteiger partial charge in [0.1, 0.15) is 11.6 Å². The zero-order chi connectivity index (χ0) is 13.5. The number of unbranched alkanes of at least 4 members (excludes halogenated alkanes) is 2. The third kappa shape index (κ3) is 4.09. The molecule has 0 aliphatic rings. The third-order valence-corrected chi connectivity index (χ3v) is 3.05. The van der Waals surface area contributed by atoms with E-state index in [2.05, 4.69) is 6.92 Å². The van der Waals surface area contributed by atoms with E-state index in [1.165, 1.54) is 25.0 Å². The minimum absolute atomic E-state index is 0.209. The molecule has 0 atom stereocenters. The Hall–Kier alpha value is -1.83. The van der Waals surface area contributed by atoms with Crippen molar-refractivity contribution in [1.29, 1.82) is 0 Å². The third-order valence-electron chi connectivity index (χ3n) is 3.05. The van der Waals surface area contributed by atoms with Crippen LogP contribution in [0.15, 0.2) is 48.5 Å². The second-order valence-electron chi connectivity index (χ2n) is 4.59. The fraction of sp³-hybridized carbons (Fsp3) is 0.294. The molecule has 0 fully saturated rings. The van der Waals surface area contributed by atoms with Crippen molar-refractivity contribution in [2.75, 3.05) is 6.61 Å². The van der Waals surface area contributed by atoms with Crippen LogP contribution >= 0.6 is 0 Å². The molecular weight excluding hydrogens is 239 g/mol. The van der Waals surface area contributed by atoms with Crippen LogP contribution in [0.1, 0.15) is 26.2 Å². The zero-order valence-corrected chi connectivity index (χ0v) is 11.2. The molecule has 0 aliphatic heterocycles. The molecule has 0 aliphatic carbocycles. The Labute approximate surface area is 114 Å². The van der Waals surface area contributed by atoms with E-state index in [1.54, 1.807) is 12.1 Å². The van der Waals surface area contributed by atoms with Crippen molar-refractivity contribution in [2.45, 2.75) is 26.2 Å². The van der Waals surface area contributed by atoms with Gasteiger partial charge in [0.15, 0.2) is 0 Å². The average molecular weight is 258 g/mol. The maximum absolute atomic E-state index is 12.8. The van der Waals surface area contributed by atoms with Gasteiger partial charge in [-0.05, 0) is 41.8 Å². The fourth-order valence-corrected chi connectivity index (χ4v) is 1.93. The minimum atomic E-state index is -0.209. The molecule has 1 nitrogen and oxygen atoms in total. The Bertz CT molecular complexity index is 488. The maximum atomic E-state index is 12.8. The van der Waals surface area contributed by atoms with Crippen molar-refractivity contribution < 1.29 is 9.13 Å². The van der Waals surface area contributed by atoms with E-state index >= 15 is 0 Å². The number of ether oxygens (including phenoxy) is 1. The summed E-state index contributed by atoms with van der Waals surface area (Å²) in [5.74, 6) is 0.682. The van der Waals surface area contributed by atoms with Gasteiger partial charge in [-0.3, -0.25) is 0 Å². The number of hydrogen-bond acceptors (Lipinski definition) is 1. The largest absolute Gasteiger partial charge is 0.494 e. The van der Waals surface area contributed by atoms with Crippen molar-refractivity contribution in [2.24, 2.45) is 0 Å². The summed E-state index contributed by atoms with van der Waals surface area (Å²) >= 11 is 0. The van der Waals surface area contributed by atoms with Crippen LogP contribution in [0.25, 0.3) is 11.1 Å². The summed E-state index contributed by atoms with van der Waals surface area (Å²) in [5.41, 5.74) is 2.08. The summed E-state index contributed by atoms with van der Waals surface area (Å²) in [5, 5.41) is 0. The summed E-state index contributed by atoms with van der Waals surface area (Å²) in [6.45, 7) is 2.95. The van der Waals surface area contributed by atoms with Crippen LogP contribution in [0.4, 0.5) is 4.39 Å². The Balaban J connectivity index is 1.96. The Morgan fingerprint density at radius 2 is 1.42 bits per heavy atom. The lowest BCUT2D eigenvalue weighted by Crippen LogP contribution is -1.96. The van der Waals surface area contributed by atoms with Gasteiger partial charge in [-0.15, -0.1) is 0 Å². The molecular formula is C17H19FO. The number of benzene rings is 2. The molecule has 100 valence electrons. The van der Waals surface area contributed by atoms with Gasteiger partial charge < -0.3 is 4.74 Å². The van der Waals surface area contributed by atoms with Gasteiger partial charge >= 0.3 is 0 Å². The van der Waals surface area contributed by atoms with Crippen molar-refractivity contribution in [3.05, 3.63) is 54.3 Å². The lowest BCUT2D eigenvalue weighted by atomic mass is 10.1. The molecule has 2 heteroatoms. The van der Waals surface area contributed by atoms with E-state index < -0.39 is 0 Å². The predicted octanol–water partition coefficient (Wildman–Crippen LogP) is 5.06. The van der Waals surface area contributed by atoms with E-state index in [0.29, 0.717) is 0 Å². The number of hydrogen-bond donors (Lipinski definition) is 0. The average Bonchev–Trinajstić information content (AvgIpc) is 2.45. The Morgan fingerprint density at radius 1 is 0.842 bits per heavy atom. The monoisotopic (exact) mass is 258 g/mol. The SMILES string of the molecule is CCCCCOc1ccc(-c2ccc(F)cc2)cc1. The standard InChI is InChI=1S/C17H19FO/c1-2-3-4-13-19-17-11-7-15(8-12-17)14-5-9-16(18)10-6-14/h5-12H,2-4,13H2,1H3. The van der Waals surface area contributed by atoms with Gasteiger partial charge in [-0.2, -0.15) is 0 Å². The predicted molar refractivity (Wildman–Crippen MR) is 76.9 cm³/mol. The van der Waals surface area contributed by atoms with Crippen molar-refractivity contribution >= 4 is 0 Å². The quantitative estimate of drug-likeness (QED) is 0.658. The molecule has 0 amide bonds. The second-order valence-corrected chi connectivity index (χ2v) is 4.59. The van der Waals surface area contributed by atoms with Crippen LogP contribution in [0.3, 0.4) is 0 Å². The van der Waals surface area contributed by atoms with E-state index in [-0.39, 0.29) is 5.82 Å². The molecule has 0 unspecified atom stereocenters.